The Hall–Kier alpha value is -1.84. The summed E-state index contributed by atoms with van der Waals surface area (Å²) in [6.45, 7) is 1.66. The molecule has 0 radical (unpaired) electrons. The Morgan fingerprint density at radius 3 is 2.75 bits per heavy atom. The fourth-order valence-electron chi connectivity index (χ4n) is 1.62. The van der Waals surface area contributed by atoms with Gasteiger partial charge in [-0.1, -0.05) is 17.7 Å². The topological polar surface area (TPSA) is 73.6 Å². The van der Waals surface area contributed by atoms with Crippen LogP contribution in [0.1, 0.15) is 18.4 Å². The first-order chi connectivity index (χ1) is 9.81. The number of anilines is 2. The maximum Gasteiger partial charge on any atom is 0.162 e. The molecule has 0 atom stereocenters. The predicted octanol–water partition coefficient (Wildman–Crippen LogP) is 3.37. The molecule has 2 aromatic heterocycles. The van der Waals surface area contributed by atoms with E-state index in [-0.39, 0.29) is 5.15 Å². The van der Waals surface area contributed by atoms with Gasteiger partial charge >= 0.3 is 0 Å². The number of halogens is 1. The highest BCUT2D eigenvalue weighted by Crippen LogP contribution is 2.27. The number of nitrogens with one attached hydrogen (secondary N) is 2. The van der Waals surface area contributed by atoms with Gasteiger partial charge in [0.2, 0.25) is 0 Å². The molecule has 0 aliphatic carbocycles. The second-order valence-electron chi connectivity index (χ2n) is 4.06. The van der Waals surface area contributed by atoms with Crippen LogP contribution in [0.4, 0.5) is 10.8 Å². The number of hydrogen-bond donors (Lipinski definition) is 2. The molecule has 2 aromatic rings. The Kier molecular flexibility index (Phi) is 5.59. The van der Waals surface area contributed by atoms with Crippen LogP contribution in [-0.2, 0) is 0 Å². The SMILES string of the molecule is N#Cc1c(Cl)nsc1NCCCCNc1ccccn1. The van der Waals surface area contributed by atoms with Crippen molar-refractivity contribution in [3.8, 4) is 6.07 Å². The van der Waals surface area contributed by atoms with Crippen LogP contribution in [-0.4, -0.2) is 22.4 Å². The van der Waals surface area contributed by atoms with Crippen LogP contribution in [0.5, 0.6) is 0 Å². The normalized spacial score (nSPS) is 10.0. The molecule has 0 saturated heterocycles. The molecular weight excluding hydrogens is 294 g/mol. The predicted molar refractivity (Wildman–Crippen MR) is 82.3 cm³/mol. The third-order valence-electron chi connectivity index (χ3n) is 2.62. The van der Waals surface area contributed by atoms with Gasteiger partial charge in [0.15, 0.2) is 5.15 Å². The van der Waals surface area contributed by atoms with Crippen molar-refractivity contribution in [2.24, 2.45) is 0 Å². The minimum absolute atomic E-state index is 0.275. The Bertz CT molecular complexity index is 578. The number of aromatic nitrogens is 2. The highest BCUT2D eigenvalue weighted by atomic mass is 35.5. The number of unbranched alkanes of at least 4 members (excludes halogenated alkanes) is 1. The minimum atomic E-state index is 0.275. The van der Waals surface area contributed by atoms with Crippen LogP contribution in [0.3, 0.4) is 0 Å². The zero-order valence-electron chi connectivity index (χ0n) is 10.8. The van der Waals surface area contributed by atoms with Crippen molar-refractivity contribution in [2.45, 2.75) is 12.8 Å². The molecule has 104 valence electrons. The summed E-state index contributed by atoms with van der Waals surface area (Å²) < 4.78 is 3.94. The van der Waals surface area contributed by atoms with Crippen LogP contribution in [0.15, 0.2) is 24.4 Å². The standard InChI is InChI=1S/C13H14ClN5S/c14-12-10(9-15)13(20-19-12)18-8-4-3-7-17-11-5-1-2-6-16-11/h1-2,5-6,18H,3-4,7-8H2,(H,16,17). The summed E-state index contributed by atoms with van der Waals surface area (Å²) in [5, 5.41) is 16.4. The molecule has 7 heteroatoms. The smallest absolute Gasteiger partial charge is 0.162 e. The quantitative estimate of drug-likeness (QED) is 0.767. The minimum Gasteiger partial charge on any atom is -0.375 e. The second kappa shape index (κ2) is 7.68. The van der Waals surface area contributed by atoms with Gasteiger partial charge in [-0.15, -0.1) is 0 Å². The van der Waals surface area contributed by atoms with Gasteiger partial charge in [-0.25, -0.2) is 4.98 Å². The van der Waals surface area contributed by atoms with E-state index in [1.807, 2.05) is 18.2 Å². The third-order valence-corrected chi connectivity index (χ3v) is 3.80. The van der Waals surface area contributed by atoms with E-state index in [1.54, 1.807) is 6.20 Å². The summed E-state index contributed by atoms with van der Waals surface area (Å²) >= 11 is 7.02. The first-order valence-corrected chi connectivity index (χ1v) is 7.40. The van der Waals surface area contributed by atoms with Crippen molar-refractivity contribution >= 4 is 34.0 Å². The van der Waals surface area contributed by atoms with E-state index in [4.69, 9.17) is 16.9 Å². The van der Waals surface area contributed by atoms with Gasteiger partial charge in [0.1, 0.15) is 22.5 Å². The molecule has 0 aliphatic rings. The zero-order chi connectivity index (χ0) is 14.2. The number of nitrogens with zero attached hydrogens (tertiary/aromatic N) is 3. The van der Waals surface area contributed by atoms with Crippen molar-refractivity contribution in [1.29, 1.82) is 5.26 Å². The van der Waals surface area contributed by atoms with Gasteiger partial charge in [-0.3, -0.25) is 0 Å². The average Bonchev–Trinajstić information content (AvgIpc) is 2.84. The first kappa shape index (κ1) is 14.6. The lowest BCUT2D eigenvalue weighted by Crippen LogP contribution is -2.07. The van der Waals surface area contributed by atoms with Crippen molar-refractivity contribution < 1.29 is 0 Å². The maximum absolute atomic E-state index is 8.93. The summed E-state index contributed by atoms with van der Waals surface area (Å²) in [6, 6.07) is 7.83. The molecule has 0 fully saturated rings. The summed E-state index contributed by atoms with van der Waals surface area (Å²) in [6.07, 6.45) is 3.76. The maximum atomic E-state index is 8.93. The van der Waals surface area contributed by atoms with Gasteiger partial charge in [-0.2, -0.15) is 9.64 Å². The van der Waals surface area contributed by atoms with E-state index in [0.717, 1.165) is 36.8 Å². The summed E-state index contributed by atoms with van der Waals surface area (Å²) in [7, 11) is 0. The van der Waals surface area contributed by atoms with Crippen LogP contribution in [0, 0.1) is 11.3 Å². The van der Waals surface area contributed by atoms with Crippen molar-refractivity contribution in [3.63, 3.8) is 0 Å². The van der Waals surface area contributed by atoms with Gasteiger partial charge in [0.25, 0.3) is 0 Å². The molecule has 2 N–H and O–H groups in total. The van der Waals surface area contributed by atoms with E-state index in [9.17, 15) is 0 Å². The lowest BCUT2D eigenvalue weighted by atomic mass is 10.3. The Balaban J connectivity index is 1.64. The van der Waals surface area contributed by atoms with Gasteiger partial charge in [-0.05, 0) is 36.5 Å². The molecule has 20 heavy (non-hydrogen) atoms. The van der Waals surface area contributed by atoms with E-state index >= 15 is 0 Å². The zero-order valence-corrected chi connectivity index (χ0v) is 12.3. The van der Waals surface area contributed by atoms with Gasteiger partial charge < -0.3 is 10.6 Å². The number of nitriles is 1. The third kappa shape index (κ3) is 4.08. The van der Waals surface area contributed by atoms with E-state index in [1.165, 1.54) is 11.5 Å². The van der Waals surface area contributed by atoms with Gasteiger partial charge in [0, 0.05) is 19.3 Å². The highest BCUT2D eigenvalue weighted by Gasteiger charge is 2.10. The van der Waals surface area contributed by atoms with E-state index in [2.05, 4.69) is 26.1 Å². The second-order valence-corrected chi connectivity index (χ2v) is 5.20. The molecule has 5 nitrogen and oxygen atoms in total. The largest absolute Gasteiger partial charge is 0.375 e. The molecule has 0 bridgehead atoms. The first-order valence-electron chi connectivity index (χ1n) is 6.25. The number of pyridine rings is 1. The summed E-state index contributed by atoms with van der Waals surface area (Å²) in [5.41, 5.74) is 0.434. The van der Waals surface area contributed by atoms with Crippen LogP contribution in [0.2, 0.25) is 5.15 Å². The fraction of sp³-hybridized carbons (Fsp3) is 0.308. The molecule has 0 saturated carbocycles. The van der Waals surface area contributed by atoms with Crippen LogP contribution >= 0.6 is 23.1 Å². The van der Waals surface area contributed by atoms with Crippen molar-refractivity contribution in [3.05, 3.63) is 35.1 Å². The molecule has 0 spiro atoms. The Morgan fingerprint density at radius 1 is 1.25 bits per heavy atom. The van der Waals surface area contributed by atoms with Gasteiger partial charge in [0.05, 0.1) is 0 Å². The van der Waals surface area contributed by atoms with Crippen molar-refractivity contribution in [1.82, 2.24) is 9.36 Å². The molecule has 2 rings (SSSR count). The molecule has 0 aromatic carbocycles. The molecule has 0 amide bonds. The Morgan fingerprint density at radius 2 is 2.05 bits per heavy atom. The average molecular weight is 308 g/mol. The monoisotopic (exact) mass is 307 g/mol. The van der Waals surface area contributed by atoms with E-state index < -0.39 is 0 Å². The Labute approximate surface area is 126 Å². The van der Waals surface area contributed by atoms with Crippen LogP contribution < -0.4 is 10.6 Å². The molecule has 0 unspecified atom stereocenters. The van der Waals surface area contributed by atoms with Crippen molar-refractivity contribution in [2.75, 3.05) is 23.7 Å². The highest BCUT2D eigenvalue weighted by molar-refractivity contribution is 7.10. The number of rotatable bonds is 7. The fourth-order valence-corrected chi connectivity index (χ4v) is 2.58. The lowest BCUT2D eigenvalue weighted by Gasteiger charge is -2.06. The van der Waals surface area contributed by atoms with E-state index in [0.29, 0.717) is 5.56 Å². The lowest BCUT2D eigenvalue weighted by molar-refractivity contribution is 0.794. The van der Waals surface area contributed by atoms with Crippen LogP contribution in [0.25, 0.3) is 0 Å². The number of hydrogen-bond acceptors (Lipinski definition) is 6. The molecular formula is C13H14ClN5S. The molecule has 0 aliphatic heterocycles. The summed E-state index contributed by atoms with van der Waals surface area (Å²) in [4.78, 5) is 4.19. The summed E-state index contributed by atoms with van der Waals surface area (Å²) in [5.74, 6) is 0.890. The molecule has 2 heterocycles.